The molecule has 10 heteroatoms. The van der Waals surface area contributed by atoms with Gasteiger partial charge >= 0.3 is 0 Å². The summed E-state index contributed by atoms with van der Waals surface area (Å²) in [5, 5.41) is 40.5. The third kappa shape index (κ3) is 4.29. The Morgan fingerprint density at radius 2 is 1.71 bits per heavy atom. The molecule has 41 heavy (non-hydrogen) atoms. The highest BCUT2D eigenvalue weighted by molar-refractivity contribution is 5.69. The second-order valence-corrected chi connectivity index (χ2v) is 10.4. The molecule has 1 fully saturated rings. The highest BCUT2D eigenvalue weighted by atomic mass is 19.1. The Labute approximate surface area is 237 Å². The number of aliphatic hydroxyl groups is 4. The van der Waals surface area contributed by atoms with Gasteiger partial charge in [-0.25, -0.2) is 4.39 Å². The minimum Gasteiger partial charge on any atom is -0.461 e. The van der Waals surface area contributed by atoms with Crippen molar-refractivity contribution in [3.05, 3.63) is 82.4 Å². The number of benzene rings is 3. The van der Waals surface area contributed by atoms with Crippen molar-refractivity contribution in [1.29, 1.82) is 0 Å². The van der Waals surface area contributed by atoms with E-state index in [1.165, 1.54) is 0 Å². The molecule has 4 N–H and O–H groups in total. The first-order valence-electron chi connectivity index (χ1n) is 13.9. The Hall–Kier alpha value is -3.25. The zero-order chi connectivity index (χ0) is 28.9. The standard InChI is InChI=1S/C31H34FNO8/c1-3-33(4-2)18-9-10-21-24(13-18)39-29-19(14-32)23(40-30-28(37)27(36)26(35)25(15-34)41-30)12-11-22(29)31(21)20-8-6-5-7-17(20)16-38-31/h5-13,25-28,30,34-37H,3-4,14-16H2,1-2H3/t25?,26-,27+,28?,30+,31?/m0/s1. The van der Waals surface area contributed by atoms with Crippen molar-refractivity contribution in [2.45, 2.75) is 63.4 Å². The topological polar surface area (TPSA) is 121 Å². The largest absolute Gasteiger partial charge is 0.461 e. The van der Waals surface area contributed by atoms with Crippen LogP contribution in [-0.4, -0.2) is 70.8 Å². The fraction of sp³-hybridized carbons (Fsp3) is 0.419. The summed E-state index contributed by atoms with van der Waals surface area (Å²) in [7, 11) is 0. The van der Waals surface area contributed by atoms with Crippen LogP contribution >= 0.6 is 0 Å². The van der Waals surface area contributed by atoms with E-state index < -0.39 is 49.6 Å². The number of anilines is 1. The summed E-state index contributed by atoms with van der Waals surface area (Å²) in [5.74, 6) is 0.786. The van der Waals surface area contributed by atoms with Gasteiger partial charge in [0.25, 0.3) is 0 Å². The Morgan fingerprint density at radius 1 is 0.951 bits per heavy atom. The maximum absolute atomic E-state index is 14.9. The Bertz CT molecular complexity index is 1430. The molecule has 0 aromatic heterocycles. The Morgan fingerprint density at radius 3 is 2.44 bits per heavy atom. The van der Waals surface area contributed by atoms with Gasteiger partial charge in [0, 0.05) is 36.0 Å². The molecule has 0 amide bonds. The van der Waals surface area contributed by atoms with E-state index in [0.29, 0.717) is 17.9 Å². The van der Waals surface area contributed by atoms with E-state index in [1.807, 2.05) is 42.5 Å². The average molecular weight is 568 g/mol. The number of nitrogens with zero attached hydrogens (tertiary/aromatic N) is 1. The molecule has 3 unspecified atom stereocenters. The smallest absolute Gasteiger partial charge is 0.229 e. The molecule has 9 nitrogen and oxygen atoms in total. The van der Waals surface area contributed by atoms with Gasteiger partial charge in [-0.15, -0.1) is 0 Å². The molecule has 3 aliphatic heterocycles. The molecule has 1 spiro atoms. The lowest BCUT2D eigenvalue weighted by atomic mass is 9.77. The molecule has 0 bridgehead atoms. The molecule has 1 saturated heterocycles. The molecule has 6 rings (SSSR count). The molecule has 6 atom stereocenters. The van der Waals surface area contributed by atoms with Gasteiger partial charge in [-0.3, -0.25) is 0 Å². The molecule has 0 radical (unpaired) electrons. The summed E-state index contributed by atoms with van der Waals surface area (Å²) in [6, 6.07) is 17.2. The third-order valence-corrected chi connectivity index (χ3v) is 8.35. The van der Waals surface area contributed by atoms with Crippen molar-refractivity contribution in [3.63, 3.8) is 0 Å². The van der Waals surface area contributed by atoms with Crippen LogP contribution in [0.2, 0.25) is 0 Å². The van der Waals surface area contributed by atoms with E-state index >= 15 is 0 Å². The highest BCUT2D eigenvalue weighted by Crippen LogP contribution is 2.58. The van der Waals surface area contributed by atoms with E-state index in [9.17, 15) is 24.8 Å². The predicted molar refractivity (Wildman–Crippen MR) is 147 cm³/mol. The van der Waals surface area contributed by atoms with E-state index in [-0.39, 0.29) is 17.1 Å². The second kappa shape index (κ2) is 10.9. The first-order chi connectivity index (χ1) is 19.9. The maximum atomic E-state index is 14.9. The van der Waals surface area contributed by atoms with E-state index in [2.05, 4.69) is 18.7 Å². The van der Waals surface area contributed by atoms with Crippen LogP contribution in [0.3, 0.4) is 0 Å². The van der Waals surface area contributed by atoms with Crippen molar-refractivity contribution in [2.75, 3.05) is 24.6 Å². The van der Waals surface area contributed by atoms with Crippen molar-refractivity contribution in [3.8, 4) is 17.2 Å². The molecule has 3 aromatic carbocycles. The van der Waals surface area contributed by atoms with E-state index in [1.54, 1.807) is 12.1 Å². The van der Waals surface area contributed by atoms with E-state index in [0.717, 1.165) is 35.5 Å². The molecule has 0 aliphatic carbocycles. The summed E-state index contributed by atoms with van der Waals surface area (Å²) >= 11 is 0. The second-order valence-electron chi connectivity index (χ2n) is 10.4. The number of hydrogen-bond acceptors (Lipinski definition) is 9. The molecule has 3 aromatic rings. The quantitative estimate of drug-likeness (QED) is 0.341. The number of fused-ring (bicyclic) bond motifs is 6. The van der Waals surface area contributed by atoms with Crippen LogP contribution in [0.5, 0.6) is 17.2 Å². The summed E-state index contributed by atoms with van der Waals surface area (Å²) in [4.78, 5) is 2.18. The average Bonchev–Trinajstić information content (AvgIpc) is 3.37. The highest BCUT2D eigenvalue weighted by Gasteiger charge is 2.51. The zero-order valence-corrected chi connectivity index (χ0v) is 22.9. The van der Waals surface area contributed by atoms with Gasteiger partial charge in [0.15, 0.2) is 5.60 Å². The van der Waals surface area contributed by atoms with Gasteiger partial charge in [0.05, 0.1) is 18.8 Å². The minimum atomic E-state index is -1.65. The first kappa shape index (κ1) is 27.9. The predicted octanol–water partition coefficient (Wildman–Crippen LogP) is 3.11. The van der Waals surface area contributed by atoms with Gasteiger partial charge in [-0.1, -0.05) is 24.3 Å². The van der Waals surface area contributed by atoms with Gasteiger partial charge in [0.2, 0.25) is 6.29 Å². The van der Waals surface area contributed by atoms with Crippen LogP contribution in [0.15, 0.2) is 54.6 Å². The van der Waals surface area contributed by atoms with Crippen molar-refractivity contribution in [2.24, 2.45) is 0 Å². The number of alkyl halides is 1. The Kier molecular flexibility index (Phi) is 7.39. The van der Waals surface area contributed by atoms with Crippen LogP contribution in [-0.2, 0) is 28.4 Å². The van der Waals surface area contributed by atoms with Crippen LogP contribution in [0.4, 0.5) is 10.1 Å². The van der Waals surface area contributed by atoms with Crippen LogP contribution < -0.4 is 14.4 Å². The first-order valence-corrected chi connectivity index (χ1v) is 13.9. The summed E-state index contributed by atoms with van der Waals surface area (Å²) in [6.07, 6.45) is -7.47. The number of halogens is 1. The normalized spacial score (nSPS) is 28.0. The summed E-state index contributed by atoms with van der Waals surface area (Å²) in [6.45, 7) is 4.51. The summed E-state index contributed by atoms with van der Waals surface area (Å²) in [5.41, 5.74) is 3.35. The van der Waals surface area contributed by atoms with E-state index in [4.69, 9.17) is 18.9 Å². The molecule has 3 heterocycles. The SMILES string of the molecule is CCN(CC)c1ccc2c(c1)Oc1c(ccc(O[C@@H]3OC(CO)[C@H](O)[C@@H](O)C3O)c1CF)C21OCc2ccccc21. The lowest BCUT2D eigenvalue weighted by Crippen LogP contribution is -2.60. The number of rotatable bonds is 7. The fourth-order valence-corrected chi connectivity index (χ4v) is 6.16. The molecule has 218 valence electrons. The van der Waals surface area contributed by atoms with Crippen LogP contribution in [0, 0.1) is 0 Å². The molecule has 0 saturated carbocycles. The lowest BCUT2D eigenvalue weighted by molar-refractivity contribution is -0.277. The lowest BCUT2D eigenvalue weighted by Gasteiger charge is -2.41. The van der Waals surface area contributed by atoms with Crippen molar-refractivity contribution in [1.82, 2.24) is 0 Å². The fourth-order valence-electron chi connectivity index (χ4n) is 6.16. The van der Waals surface area contributed by atoms with Crippen LogP contribution in [0.25, 0.3) is 0 Å². The van der Waals surface area contributed by atoms with Gasteiger partial charge in [-0.2, -0.15) is 0 Å². The zero-order valence-electron chi connectivity index (χ0n) is 22.9. The maximum Gasteiger partial charge on any atom is 0.229 e. The number of ether oxygens (including phenoxy) is 4. The Balaban J connectivity index is 1.49. The molecular weight excluding hydrogens is 533 g/mol. The van der Waals surface area contributed by atoms with Crippen molar-refractivity contribution >= 4 is 5.69 Å². The van der Waals surface area contributed by atoms with Crippen molar-refractivity contribution < 1.29 is 43.8 Å². The number of aliphatic hydroxyl groups excluding tert-OH is 4. The minimum absolute atomic E-state index is 0.0281. The number of hydrogen-bond donors (Lipinski definition) is 4. The molecule has 3 aliphatic rings. The van der Waals surface area contributed by atoms with Gasteiger partial charge in [-0.05, 0) is 49.2 Å². The van der Waals surface area contributed by atoms with Gasteiger partial charge in [0.1, 0.15) is 48.3 Å². The summed E-state index contributed by atoms with van der Waals surface area (Å²) < 4.78 is 39.4. The third-order valence-electron chi connectivity index (χ3n) is 8.35. The van der Waals surface area contributed by atoms with Crippen LogP contribution in [0.1, 0.15) is 41.7 Å². The monoisotopic (exact) mass is 567 g/mol. The van der Waals surface area contributed by atoms with Gasteiger partial charge < -0.3 is 44.3 Å². The molecular formula is C31H34FNO8.